The predicted molar refractivity (Wildman–Crippen MR) is 62.1 cm³/mol. The van der Waals surface area contributed by atoms with Gasteiger partial charge in [0.25, 0.3) is 0 Å². The maximum atomic E-state index is 5.50. The third-order valence-corrected chi connectivity index (χ3v) is 2.49. The summed E-state index contributed by atoms with van der Waals surface area (Å²) < 4.78 is 10.9. The summed E-state index contributed by atoms with van der Waals surface area (Å²) >= 11 is 0. The standard InChI is InChI=1S/C12H23NO2/c1-11(2)5-8-14-9-6-13-10-12-4-3-7-15-12/h12-13H,1,3-10H2,2H3. The third-order valence-electron chi connectivity index (χ3n) is 2.49. The highest BCUT2D eigenvalue weighted by atomic mass is 16.5. The van der Waals surface area contributed by atoms with E-state index in [0.29, 0.717) is 6.10 Å². The Bertz CT molecular complexity index is 176. The van der Waals surface area contributed by atoms with Gasteiger partial charge in [0, 0.05) is 19.7 Å². The van der Waals surface area contributed by atoms with Crippen LogP contribution >= 0.6 is 0 Å². The third kappa shape index (κ3) is 6.66. The molecule has 3 heteroatoms. The molecule has 0 amide bonds. The van der Waals surface area contributed by atoms with Gasteiger partial charge in [0.15, 0.2) is 0 Å². The van der Waals surface area contributed by atoms with E-state index in [9.17, 15) is 0 Å². The highest BCUT2D eigenvalue weighted by Crippen LogP contribution is 2.10. The minimum absolute atomic E-state index is 0.431. The van der Waals surface area contributed by atoms with E-state index in [-0.39, 0.29) is 0 Å². The number of ether oxygens (including phenoxy) is 2. The summed E-state index contributed by atoms with van der Waals surface area (Å²) in [6.45, 7) is 10.2. The molecule has 15 heavy (non-hydrogen) atoms. The molecule has 1 atom stereocenters. The molecule has 1 aliphatic heterocycles. The summed E-state index contributed by atoms with van der Waals surface area (Å²) in [6.07, 6.45) is 3.80. The summed E-state index contributed by atoms with van der Waals surface area (Å²) in [5.74, 6) is 0. The fraction of sp³-hybridized carbons (Fsp3) is 0.833. The molecule has 0 aromatic rings. The first-order valence-electron chi connectivity index (χ1n) is 5.83. The normalized spacial score (nSPS) is 20.7. The van der Waals surface area contributed by atoms with Crippen LogP contribution in [0.3, 0.4) is 0 Å². The molecular weight excluding hydrogens is 190 g/mol. The van der Waals surface area contributed by atoms with Crippen molar-refractivity contribution in [1.29, 1.82) is 0 Å². The van der Waals surface area contributed by atoms with Crippen molar-refractivity contribution in [3.05, 3.63) is 12.2 Å². The van der Waals surface area contributed by atoms with Crippen LogP contribution in [0.1, 0.15) is 26.2 Å². The lowest BCUT2D eigenvalue weighted by atomic mass is 10.2. The fourth-order valence-corrected chi connectivity index (χ4v) is 1.56. The Hall–Kier alpha value is -0.380. The van der Waals surface area contributed by atoms with Crippen LogP contribution in [0.25, 0.3) is 0 Å². The van der Waals surface area contributed by atoms with E-state index < -0.39 is 0 Å². The molecule has 0 aromatic heterocycles. The van der Waals surface area contributed by atoms with Gasteiger partial charge < -0.3 is 14.8 Å². The minimum atomic E-state index is 0.431. The van der Waals surface area contributed by atoms with Gasteiger partial charge in [0.2, 0.25) is 0 Å². The zero-order chi connectivity index (χ0) is 10.9. The Morgan fingerprint density at radius 2 is 2.40 bits per heavy atom. The maximum Gasteiger partial charge on any atom is 0.0700 e. The summed E-state index contributed by atoms with van der Waals surface area (Å²) in [7, 11) is 0. The molecule has 88 valence electrons. The van der Waals surface area contributed by atoms with Crippen molar-refractivity contribution in [2.75, 3.05) is 32.9 Å². The van der Waals surface area contributed by atoms with E-state index in [0.717, 1.165) is 39.3 Å². The fourth-order valence-electron chi connectivity index (χ4n) is 1.56. The first-order valence-corrected chi connectivity index (χ1v) is 5.83. The second-order valence-electron chi connectivity index (χ2n) is 4.16. The van der Waals surface area contributed by atoms with Crippen LogP contribution in [0.4, 0.5) is 0 Å². The van der Waals surface area contributed by atoms with Gasteiger partial charge in [0.1, 0.15) is 0 Å². The molecule has 0 aromatic carbocycles. The average Bonchev–Trinajstić information content (AvgIpc) is 2.68. The Morgan fingerprint density at radius 3 is 3.07 bits per heavy atom. The van der Waals surface area contributed by atoms with Crippen LogP contribution in [-0.4, -0.2) is 39.0 Å². The number of hydrogen-bond acceptors (Lipinski definition) is 3. The molecule has 3 nitrogen and oxygen atoms in total. The van der Waals surface area contributed by atoms with Gasteiger partial charge in [-0.25, -0.2) is 0 Å². The summed E-state index contributed by atoms with van der Waals surface area (Å²) in [6, 6.07) is 0. The van der Waals surface area contributed by atoms with E-state index in [1.807, 2.05) is 6.92 Å². The molecule has 1 heterocycles. The van der Waals surface area contributed by atoms with Crippen molar-refractivity contribution in [3.63, 3.8) is 0 Å². The molecule has 0 radical (unpaired) electrons. The Balaban J connectivity index is 1.78. The lowest BCUT2D eigenvalue weighted by Gasteiger charge is -2.10. The van der Waals surface area contributed by atoms with Gasteiger partial charge in [0.05, 0.1) is 19.3 Å². The van der Waals surface area contributed by atoms with Crippen molar-refractivity contribution in [3.8, 4) is 0 Å². The molecule has 0 saturated carbocycles. The summed E-state index contributed by atoms with van der Waals surface area (Å²) in [5.41, 5.74) is 1.18. The second-order valence-corrected chi connectivity index (χ2v) is 4.16. The number of hydrogen-bond donors (Lipinski definition) is 1. The maximum absolute atomic E-state index is 5.50. The SMILES string of the molecule is C=C(C)CCOCCNCC1CCCO1. The zero-order valence-electron chi connectivity index (χ0n) is 9.76. The Labute approximate surface area is 92.8 Å². The predicted octanol–water partition coefficient (Wildman–Crippen LogP) is 1.74. The van der Waals surface area contributed by atoms with Crippen molar-refractivity contribution in [2.24, 2.45) is 0 Å². The van der Waals surface area contributed by atoms with Crippen LogP contribution in [0.2, 0.25) is 0 Å². The van der Waals surface area contributed by atoms with Gasteiger partial charge in [-0.3, -0.25) is 0 Å². The number of nitrogens with one attached hydrogen (secondary N) is 1. The van der Waals surface area contributed by atoms with Crippen LogP contribution in [0, 0.1) is 0 Å². The lowest BCUT2D eigenvalue weighted by Crippen LogP contribution is -2.29. The van der Waals surface area contributed by atoms with E-state index >= 15 is 0 Å². The molecule has 1 rings (SSSR count). The lowest BCUT2D eigenvalue weighted by molar-refractivity contribution is 0.103. The summed E-state index contributed by atoms with van der Waals surface area (Å²) in [4.78, 5) is 0. The van der Waals surface area contributed by atoms with Crippen molar-refractivity contribution < 1.29 is 9.47 Å². The van der Waals surface area contributed by atoms with Gasteiger partial charge in [-0.1, -0.05) is 5.57 Å². The van der Waals surface area contributed by atoms with Crippen molar-refractivity contribution in [2.45, 2.75) is 32.3 Å². The Kier molecular flexibility index (Phi) is 6.64. The largest absolute Gasteiger partial charge is 0.380 e. The smallest absolute Gasteiger partial charge is 0.0700 e. The zero-order valence-corrected chi connectivity index (χ0v) is 9.76. The van der Waals surface area contributed by atoms with E-state index in [4.69, 9.17) is 9.47 Å². The molecular formula is C12H23NO2. The van der Waals surface area contributed by atoms with Crippen LogP contribution in [-0.2, 0) is 9.47 Å². The van der Waals surface area contributed by atoms with Crippen LogP contribution in [0.5, 0.6) is 0 Å². The highest BCUT2D eigenvalue weighted by molar-refractivity contribution is 4.87. The molecule has 1 aliphatic rings. The van der Waals surface area contributed by atoms with Gasteiger partial charge >= 0.3 is 0 Å². The Morgan fingerprint density at radius 1 is 1.53 bits per heavy atom. The summed E-state index contributed by atoms with van der Waals surface area (Å²) in [5, 5.41) is 3.34. The monoisotopic (exact) mass is 213 g/mol. The van der Waals surface area contributed by atoms with Crippen LogP contribution < -0.4 is 5.32 Å². The first kappa shape index (κ1) is 12.7. The average molecular weight is 213 g/mol. The molecule has 1 N–H and O–H groups in total. The number of rotatable bonds is 8. The van der Waals surface area contributed by atoms with Crippen molar-refractivity contribution >= 4 is 0 Å². The topological polar surface area (TPSA) is 30.5 Å². The first-order chi connectivity index (χ1) is 7.29. The van der Waals surface area contributed by atoms with E-state index in [1.165, 1.54) is 18.4 Å². The molecule has 0 bridgehead atoms. The molecule has 0 spiro atoms. The quantitative estimate of drug-likeness (QED) is 0.492. The molecule has 1 unspecified atom stereocenters. The van der Waals surface area contributed by atoms with Gasteiger partial charge in [-0.15, -0.1) is 6.58 Å². The van der Waals surface area contributed by atoms with E-state index in [1.54, 1.807) is 0 Å². The molecule has 1 saturated heterocycles. The van der Waals surface area contributed by atoms with Crippen LogP contribution in [0.15, 0.2) is 12.2 Å². The highest BCUT2D eigenvalue weighted by Gasteiger charge is 2.13. The van der Waals surface area contributed by atoms with Gasteiger partial charge in [-0.2, -0.15) is 0 Å². The molecule has 1 fully saturated rings. The minimum Gasteiger partial charge on any atom is -0.380 e. The van der Waals surface area contributed by atoms with Gasteiger partial charge in [-0.05, 0) is 26.2 Å². The molecule has 0 aliphatic carbocycles. The van der Waals surface area contributed by atoms with Crippen molar-refractivity contribution in [1.82, 2.24) is 5.32 Å². The second kappa shape index (κ2) is 7.85. The van der Waals surface area contributed by atoms with E-state index in [2.05, 4.69) is 11.9 Å².